The average molecular weight is 398 g/mol. The highest BCUT2D eigenvalue weighted by atomic mass is 19.4. The van der Waals surface area contributed by atoms with E-state index in [4.69, 9.17) is 4.74 Å². The van der Waals surface area contributed by atoms with Crippen LogP contribution in [0.2, 0.25) is 0 Å². The van der Waals surface area contributed by atoms with Crippen molar-refractivity contribution >= 4 is 17.4 Å². The molecule has 9 heteroatoms. The summed E-state index contributed by atoms with van der Waals surface area (Å²) >= 11 is 0. The van der Waals surface area contributed by atoms with E-state index in [2.05, 4.69) is 10.1 Å². The third kappa shape index (κ3) is 4.07. The van der Waals surface area contributed by atoms with Crippen LogP contribution in [0.3, 0.4) is 0 Å². The van der Waals surface area contributed by atoms with Gasteiger partial charge in [-0.1, -0.05) is 20.8 Å². The number of aromatic nitrogens is 3. The molecular formula is C19H25F3N4O2. The van der Waals surface area contributed by atoms with E-state index in [0.29, 0.717) is 37.4 Å². The molecule has 28 heavy (non-hydrogen) atoms. The zero-order valence-electron chi connectivity index (χ0n) is 16.5. The Kier molecular flexibility index (Phi) is 5.29. The molecule has 6 nitrogen and oxygen atoms in total. The number of piperidine rings is 1. The first-order valence-electron chi connectivity index (χ1n) is 9.40. The molecule has 1 unspecified atom stereocenters. The van der Waals surface area contributed by atoms with Gasteiger partial charge in [-0.25, -0.2) is 4.98 Å². The summed E-state index contributed by atoms with van der Waals surface area (Å²) in [7, 11) is 0. The number of anilines is 1. The highest BCUT2D eigenvalue weighted by Crippen LogP contribution is 2.33. The van der Waals surface area contributed by atoms with E-state index < -0.39 is 11.9 Å². The number of nitrogens with zero attached hydrogens (tertiary/aromatic N) is 4. The average Bonchev–Trinajstić information content (AvgIpc) is 3.05. The lowest BCUT2D eigenvalue weighted by molar-refractivity contribution is -0.148. The molecule has 0 bridgehead atoms. The van der Waals surface area contributed by atoms with Crippen molar-refractivity contribution < 1.29 is 22.7 Å². The van der Waals surface area contributed by atoms with Crippen LogP contribution in [-0.4, -0.2) is 40.3 Å². The lowest BCUT2D eigenvalue weighted by atomic mass is 9.93. The molecule has 0 aliphatic carbocycles. The molecule has 0 saturated carbocycles. The topological polar surface area (TPSA) is 59.7 Å². The number of carbonyl (C=O) groups excluding carboxylic acids is 1. The predicted octanol–water partition coefficient (Wildman–Crippen LogP) is 3.83. The molecule has 1 atom stereocenters. The summed E-state index contributed by atoms with van der Waals surface area (Å²) in [4.78, 5) is 17.7. The number of esters is 1. The first kappa shape index (κ1) is 20.4. The Hall–Kier alpha value is -2.32. The van der Waals surface area contributed by atoms with E-state index in [1.54, 1.807) is 17.9 Å². The van der Waals surface area contributed by atoms with E-state index in [-0.39, 0.29) is 29.6 Å². The van der Waals surface area contributed by atoms with Gasteiger partial charge in [-0.05, 0) is 19.8 Å². The van der Waals surface area contributed by atoms with Crippen LogP contribution < -0.4 is 4.90 Å². The number of fused-ring (bicyclic) bond motifs is 1. The van der Waals surface area contributed by atoms with E-state index in [0.717, 1.165) is 6.07 Å². The zero-order valence-corrected chi connectivity index (χ0v) is 16.5. The third-order valence-corrected chi connectivity index (χ3v) is 4.83. The fraction of sp³-hybridized carbons (Fsp3) is 0.632. The van der Waals surface area contributed by atoms with Crippen molar-refractivity contribution in [3.05, 3.63) is 23.5 Å². The Morgan fingerprint density at radius 2 is 1.96 bits per heavy atom. The molecule has 1 aliphatic heterocycles. The normalized spacial score (nSPS) is 18.5. The molecule has 3 heterocycles. The van der Waals surface area contributed by atoms with Crippen LogP contribution >= 0.6 is 0 Å². The second-order valence-electron chi connectivity index (χ2n) is 8.08. The van der Waals surface area contributed by atoms with Crippen LogP contribution in [0.1, 0.15) is 51.9 Å². The molecule has 154 valence electrons. The number of alkyl halides is 3. The van der Waals surface area contributed by atoms with E-state index in [9.17, 15) is 18.0 Å². The van der Waals surface area contributed by atoms with Gasteiger partial charge in [-0.3, -0.25) is 4.79 Å². The van der Waals surface area contributed by atoms with Gasteiger partial charge in [-0.2, -0.15) is 22.8 Å². The van der Waals surface area contributed by atoms with E-state index in [1.165, 1.54) is 4.52 Å². The first-order chi connectivity index (χ1) is 13.0. The molecule has 2 aromatic rings. The van der Waals surface area contributed by atoms with Gasteiger partial charge in [0.2, 0.25) is 0 Å². The van der Waals surface area contributed by atoms with Crippen LogP contribution in [0.25, 0.3) is 5.65 Å². The molecule has 0 aromatic carbocycles. The summed E-state index contributed by atoms with van der Waals surface area (Å²) < 4.78 is 46.8. The summed E-state index contributed by atoms with van der Waals surface area (Å²) in [5, 5.41) is 4.52. The second kappa shape index (κ2) is 7.25. The van der Waals surface area contributed by atoms with Crippen LogP contribution in [-0.2, 0) is 21.1 Å². The monoisotopic (exact) mass is 398 g/mol. The molecule has 0 spiro atoms. The van der Waals surface area contributed by atoms with Gasteiger partial charge in [0.1, 0.15) is 5.82 Å². The summed E-state index contributed by atoms with van der Waals surface area (Å²) in [6.07, 6.45) is -3.23. The van der Waals surface area contributed by atoms with Gasteiger partial charge in [-0.15, -0.1) is 0 Å². The number of halogens is 3. The van der Waals surface area contributed by atoms with Crippen molar-refractivity contribution in [1.29, 1.82) is 0 Å². The van der Waals surface area contributed by atoms with Gasteiger partial charge in [0.15, 0.2) is 11.3 Å². The molecular weight excluding hydrogens is 373 g/mol. The maximum absolute atomic E-state index is 13.4. The van der Waals surface area contributed by atoms with Crippen LogP contribution in [0, 0.1) is 5.92 Å². The number of hydrogen-bond acceptors (Lipinski definition) is 5. The van der Waals surface area contributed by atoms with Gasteiger partial charge in [0.05, 0.1) is 18.2 Å². The standard InChI is InChI=1S/C19H25F3N4O2/c1-5-28-17(27)12-7-6-8-25(11-12)16-10-14(19(20,21)22)23-15-9-13(18(2,3)4)24-26(15)16/h9-10,12H,5-8,11H2,1-4H3. The van der Waals surface area contributed by atoms with Gasteiger partial charge < -0.3 is 9.64 Å². The van der Waals surface area contributed by atoms with Crippen molar-refractivity contribution in [1.82, 2.24) is 14.6 Å². The highest BCUT2D eigenvalue weighted by Gasteiger charge is 2.36. The molecule has 1 aliphatic rings. The lowest BCUT2D eigenvalue weighted by Crippen LogP contribution is -2.40. The fourth-order valence-electron chi connectivity index (χ4n) is 3.33. The summed E-state index contributed by atoms with van der Waals surface area (Å²) in [6.45, 7) is 8.67. The summed E-state index contributed by atoms with van der Waals surface area (Å²) in [5.41, 5.74) is -0.500. The van der Waals surface area contributed by atoms with Crippen LogP contribution in [0.15, 0.2) is 12.1 Å². The highest BCUT2D eigenvalue weighted by molar-refractivity contribution is 5.73. The smallest absolute Gasteiger partial charge is 0.433 e. The number of rotatable bonds is 3. The largest absolute Gasteiger partial charge is 0.466 e. The maximum Gasteiger partial charge on any atom is 0.433 e. The predicted molar refractivity (Wildman–Crippen MR) is 98.3 cm³/mol. The van der Waals surface area contributed by atoms with Gasteiger partial charge in [0, 0.05) is 30.6 Å². The Morgan fingerprint density at radius 1 is 1.25 bits per heavy atom. The molecule has 0 radical (unpaired) electrons. The fourth-order valence-corrected chi connectivity index (χ4v) is 3.33. The molecule has 1 fully saturated rings. The van der Waals surface area contributed by atoms with Crippen molar-refractivity contribution in [2.24, 2.45) is 5.92 Å². The minimum atomic E-state index is -4.57. The molecule has 1 saturated heterocycles. The number of ether oxygens (including phenoxy) is 1. The van der Waals surface area contributed by atoms with E-state index >= 15 is 0 Å². The minimum absolute atomic E-state index is 0.146. The Labute approximate surface area is 161 Å². The SMILES string of the molecule is CCOC(=O)C1CCCN(c2cc(C(F)(F)F)nc3cc(C(C)(C)C)nn23)C1. The molecule has 2 aromatic heterocycles. The third-order valence-electron chi connectivity index (χ3n) is 4.83. The van der Waals surface area contributed by atoms with Crippen molar-refractivity contribution in [3.63, 3.8) is 0 Å². The summed E-state index contributed by atoms with van der Waals surface area (Å²) in [5.74, 6) is -0.393. The second-order valence-corrected chi connectivity index (χ2v) is 8.08. The van der Waals surface area contributed by atoms with Gasteiger partial charge >= 0.3 is 12.1 Å². The number of hydrogen-bond donors (Lipinski definition) is 0. The Balaban J connectivity index is 2.07. The van der Waals surface area contributed by atoms with Crippen LogP contribution in [0.5, 0.6) is 0 Å². The number of carbonyl (C=O) groups is 1. The van der Waals surface area contributed by atoms with Crippen molar-refractivity contribution in [3.8, 4) is 0 Å². The first-order valence-corrected chi connectivity index (χ1v) is 9.40. The van der Waals surface area contributed by atoms with Crippen molar-refractivity contribution in [2.75, 3.05) is 24.6 Å². The summed E-state index contributed by atoms with van der Waals surface area (Å²) in [6, 6.07) is 2.60. The minimum Gasteiger partial charge on any atom is -0.466 e. The van der Waals surface area contributed by atoms with Gasteiger partial charge in [0.25, 0.3) is 0 Å². The lowest BCUT2D eigenvalue weighted by Gasteiger charge is -2.33. The maximum atomic E-state index is 13.4. The van der Waals surface area contributed by atoms with Crippen LogP contribution in [0.4, 0.5) is 19.0 Å². The Bertz CT molecular complexity index is 870. The molecule has 0 N–H and O–H groups in total. The quantitative estimate of drug-likeness (QED) is 0.736. The molecule has 3 rings (SSSR count). The van der Waals surface area contributed by atoms with E-state index in [1.807, 2.05) is 20.8 Å². The molecule has 0 amide bonds. The van der Waals surface area contributed by atoms with Crippen molar-refractivity contribution in [2.45, 2.75) is 52.1 Å². The zero-order chi connectivity index (χ0) is 20.7. The Morgan fingerprint density at radius 3 is 2.57 bits per heavy atom.